The predicted octanol–water partition coefficient (Wildman–Crippen LogP) is 3.16. The summed E-state index contributed by atoms with van der Waals surface area (Å²) in [7, 11) is 1.66. The van der Waals surface area contributed by atoms with Gasteiger partial charge in [-0.2, -0.15) is 0 Å². The fourth-order valence-corrected chi connectivity index (χ4v) is 1.95. The molecule has 2 aromatic rings. The Kier molecular flexibility index (Phi) is 4.71. The molecular formula is C14H15ClN2O2. The van der Waals surface area contributed by atoms with E-state index in [0.717, 1.165) is 17.0 Å². The lowest BCUT2D eigenvalue weighted by Crippen LogP contribution is -2.03. The zero-order chi connectivity index (χ0) is 13.7. The summed E-state index contributed by atoms with van der Waals surface area (Å²) in [5.74, 6) is 1.33. The lowest BCUT2D eigenvalue weighted by molar-refractivity contribution is 0.184. The molecule has 1 heterocycles. The molecule has 0 saturated carbocycles. The zero-order valence-corrected chi connectivity index (χ0v) is 11.6. The molecule has 0 unspecified atom stereocenters. The second-order valence-electron chi connectivity index (χ2n) is 4.12. The first kappa shape index (κ1) is 13.8. The van der Waals surface area contributed by atoms with Crippen LogP contribution in [0.4, 0.5) is 0 Å². The van der Waals surface area contributed by atoms with Crippen LogP contribution in [0, 0.1) is 6.92 Å². The van der Waals surface area contributed by atoms with E-state index in [1.54, 1.807) is 13.2 Å². The molecule has 0 aliphatic rings. The third kappa shape index (κ3) is 4.19. The van der Waals surface area contributed by atoms with Gasteiger partial charge in [0.15, 0.2) is 5.82 Å². The van der Waals surface area contributed by atoms with Crippen LogP contribution in [0.2, 0.25) is 5.15 Å². The Morgan fingerprint density at radius 2 is 2.00 bits per heavy atom. The molecule has 0 amide bonds. The third-order valence-corrected chi connectivity index (χ3v) is 2.64. The normalized spacial score (nSPS) is 10.5. The summed E-state index contributed by atoms with van der Waals surface area (Å²) in [6.07, 6.45) is 0. The minimum Gasteiger partial charge on any atom is -0.486 e. The van der Waals surface area contributed by atoms with Crippen molar-refractivity contribution in [1.82, 2.24) is 9.97 Å². The van der Waals surface area contributed by atoms with Crippen molar-refractivity contribution in [3.8, 4) is 5.75 Å². The third-order valence-electron chi connectivity index (χ3n) is 2.45. The average molecular weight is 279 g/mol. The maximum absolute atomic E-state index is 5.88. The van der Waals surface area contributed by atoms with Crippen LogP contribution in [0.25, 0.3) is 0 Å². The fraction of sp³-hybridized carbons (Fsp3) is 0.286. The van der Waals surface area contributed by atoms with Gasteiger partial charge in [-0.05, 0) is 30.7 Å². The van der Waals surface area contributed by atoms with Crippen LogP contribution in [0.1, 0.15) is 17.1 Å². The highest BCUT2D eigenvalue weighted by Crippen LogP contribution is 2.15. The first-order chi connectivity index (χ1) is 9.17. The van der Waals surface area contributed by atoms with Crippen LogP contribution in [0.15, 0.2) is 30.3 Å². The highest BCUT2D eigenvalue weighted by molar-refractivity contribution is 6.29. The van der Waals surface area contributed by atoms with Crippen molar-refractivity contribution in [3.63, 3.8) is 0 Å². The monoisotopic (exact) mass is 278 g/mol. The molecule has 1 aromatic carbocycles. The Morgan fingerprint density at radius 3 is 2.74 bits per heavy atom. The van der Waals surface area contributed by atoms with E-state index in [2.05, 4.69) is 9.97 Å². The minimum atomic E-state index is 0.290. The van der Waals surface area contributed by atoms with Gasteiger partial charge in [-0.1, -0.05) is 23.7 Å². The first-order valence-corrected chi connectivity index (χ1v) is 6.26. The number of halogens is 1. The van der Waals surface area contributed by atoms with E-state index in [0.29, 0.717) is 17.6 Å². The van der Waals surface area contributed by atoms with Crippen LogP contribution in [0.5, 0.6) is 5.75 Å². The number of ether oxygens (including phenoxy) is 2. The van der Waals surface area contributed by atoms with Crippen molar-refractivity contribution in [3.05, 3.63) is 52.6 Å². The number of nitrogens with zero attached hydrogens (tertiary/aromatic N) is 2. The Morgan fingerprint density at radius 1 is 1.16 bits per heavy atom. The highest BCUT2D eigenvalue weighted by atomic mass is 35.5. The van der Waals surface area contributed by atoms with E-state index in [9.17, 15) is 0 Å². The summed E-state index contributed by atoms with van der Waals surface area (Å²) in [4.78, 5) is 8.38. The summed E-state index contributed by atoms with van der Waals surface area (Å²) < 4.78 is 10.7. The topological polar surface area (TPSA) is 44.2 Å². The molecule has 0 aliphatic carbocycles. The van der Waals surface area contributed by atoms with Gasteiger partial charge in [0.2, 0.25) is 0 Å². The van der Waals surface area contributed by atoms with Gasteiger partial charge >= 0.3 is 0 Å². The summed E-state index contributed by atoms with van der Waals surface area (Å²) >= 11 is 5.88. The molecule has 0 spiro atoms. The SMILES string of the molecule is COCc1cccc(OCc2nc(C)cc(Cl)n2)c1. The second kappa shape index (κ2) is 6.50. The predicted molar refractivity (Wildman–Crippen MR) is 73.3 cm³/mol. The lowest BCUT2D eigenvalue weighted by atomic mass is 10.2. The van der Waals surface area contributed by atoms with Crippen LogP contribution >= 0.6 is 11.6 Å². The number of hydrogen-bond donors (Lipinski definition) is 0. The van der Waals surface area contributed by atoms with Gasteiger partial charge in [-0.25, -0.2) is 9.97 Å². The number of hydrogen-bond acceptors (Lipinski definition) is 4. The molecule has 0 saturated heterocycles. The number of benzene rings is 1. The molecule has 5 heteroatoms. The molecule has 2 rings (SSSR count). The van der Waals surface area contributed by atoms with Crippen molar-refractivity contribution in [2.24, 2.45) is 0 Å². The molecule has 0 atom stereocenters. The number of methoxy groups -OCH3 is 1. The maximum atomic E-state index is 5.88. The Hall–Kier alpha value is -1.65. The molecule has 100 valence electrons. The summed E-state index contributed by atoms with van der Waals surface area (Å²) in [5, 5.41) is 0.430. The Bertz CT molecular complexity index is 541. The molecule has 0 bridgehead atoms. The van der Waals surface area contributed by atoms with E-state index in [1.165, 1.54) is 0 Å². The fourth-order valence-electron chi connectivity index (χ4n) is 1.69. The molecule has 19 heavy (non-hydrogen) atoms. The summed E-state index contributed by atoms with van der Waals surface area (Å²) in [6, 6.07) is 9.44. The highest BCUT2D eigenvalue weighted by Gasteiger charge is 2.03. The van der Waals surface area contributed by atoms with Crippen LogP contribution in [-0.4, -0.2) is 17.1 Å². The van der Waals surface area contributed by atoms with E-state index < -0.39 is 0 Å². The minimum absolute atomic E-state index is 0.290. The van der Waals surface area contributed by atoms with Gasteiger partial charge in [0, 0.05) is 12.8 Å². The van der Waals surface area contributed by atoms with Crippen molar-refractivity contribution < 1.29 is 9.47 Å². The average Bonchev–Trinajstić information content (AvgIpc) is 2.36. The molecular weight excluding hydrogens is 264 g/mol. The second-order valence-corrected chi connectivity index (χ2v) is 4.50. The summed E-state index contributed by atoms with van der Waals surface area (Å²) in [6.45, 7) is 2.72. The van der Waals surface area contributed by atoms with E-state index in [4.69, 9.17) is 21.1 Å². The van der Waals surface area contributed by atoms with E-state index >= 15 is 0 Å². The number of rotatable bonds is 5. The van der Waals surface area contributed by atoms with E-state index in [-0.39, 0.29) is 6.61 Å². The van der Waals surface area contributed by atoms with E-state index in [1.807, 2.05) is 31.2 Å². The zero-order valence-electron chi connectivity index (χ0n) is 10.9. The van der Waals surface area contributed by atoms with Crippen molar-refractivity contribution in [2.75, 3.05) is 7.11 Å². The molecule has 0 N–H and O–H groups in total. The number of aryl methyl sites for hydroxylation is 1. The molecule has 1 aromatic heterocycles. The first-order valence-electron chi connectivity index (χ1n) is 5.88. The maximum Gasteiger partial charge on any atom is 0.167 e. The quantitative estimate of drug-likeness (QED) is 0.788. The Balaban J connectivity index is 2.03. The standard InChI is InChI=1S/C14H15ClN2O2/c1-10-6-13(15)17-14(16-10)9-19-12-5-3-4-11(7-12)8-18-2/h3-7H,8-9H2,1-2H3. The molecule has 0 aliphatic heterocycles. The molecule has 0 radical (unpaired) electrons. The van der Waals surface area contributed by atoms with Gasteiger partial charge in [0.1, 0.15) is 17.5 Å². The largest absolute Gasteiger partial charge is 0.486 e. The van der Waals surface area contributed by atoms with Crippen molar-refractivity contribution >= 4 is 11.6 Å². The number of aromatic nitrogens is 2. The lowest BCUT2D eigenvalue weighted by Gasteiger charge is -2.07. The van der Waals surface area contributed by atoms with Gasteiger partial charge in [-0.15, -0.1) is 0 Å². The van der Waals surface area contributed by atoms with Crippen LogP contribution < -0.4 is 4.74 Å². The molecule has 0 fully saturated rings. The van der Waals surface area contributed by atoms with Gasteiger partial charge in [0.25, 0.3) is 0 Å². The van der Waals surface area contributed by atoms with Crippen molar-refractivity contribution in [1.29, 1.82) is 0 Å². The van der Waals surface area contributed by atoms with Gasteiger partial charge in [0.05, 0.1) is 6.61 Å². The van der Waals surface area contributed by atoms with Gasteiger partial charge < -0.3 is 9.47 Å². The van der Waals surface area contributed by atoms with Crippen LogP contribution in [0.3, 0.4) is 0 Å². The van der Waals surface area contributed by atoms with Gasteiger partial charge in [-0.3, -0.25) is 0 Å². The Labute approximate surface area is 117 Å². The van der Waals surface area contributed by atoms with Crippen LogP contribution in [-0.2, 0) is 18.0 Å². The van der Waals surface area contributed by atoms with Crippen molar-refractivity contribution in [2.45, 2.75) is 20.1 Å². The smallest absolute Gasteiger partial charge is 0.167 e. The molecule has 4 nitrogen and oxygen atoms in total. The summed E-state index contributed by atoms with van der Waals surface area (Å²) in [5.41, 5.74) is 1.88.